The summed E-state index contributed by atoms with van der Waals surface area (Å²) in [6.45, 7) is 10.3. The maximum absolute atomic E-state index is 12.2. The van der Waals surface area contributed by atoms with E-state index >= 15 is 0 Å². The van der Waals surface area contributed by atoms with Crippen LogP contribution >= 0.6 is 0 Å². The van der Waals surface area contributed by atoms with Crippen molar-refractivity contribution in [3.8, 4) is 11.5 Å². The summed E-state index contributed by atoms with van der Waals surface area (Å²) < 4.78 is 11.2. The van der Waals surface area contributed by atoms with Crippen molar-refractivity contribution in [3.05, 3.63) is 42.5 Å². The molecule has 7 heteroatoms. The lowest BCUT2D eigenvalue weighted by Crippen LogP contribution is -2.50. The number of rotatable bonds is 3. The molecule has 27 heavy (non-hydrogen) atoms. The summed E-state index contributed by atoms with van der Waals surface area (Å²) in [4.78, 5) is 24.4. The number of aromatic nitrogens is 2. The summed E-state index contributed by atoms with van der Waals surface area (Å²) >= 11 is 0. The van der Waals surface area contributed by atoms with Crippen LogP contribution in [-0.2, 0) is 4.74 Å². The third-order valence-corrected chi connectivity index (χ3v) is 4.13. The highest BCUT2D eigenvalue weighted by Crippen LogP contribution is 2.24. The van der Waals surface area contributed by atoms with Crippen molar-refractivity contribution in [2.45, 2.75) is 33.3 Å². The van der Waals surface area contributed by atoms with E-state index in [9.17, 15) is 4.79 Å². The van der Waals surface area contributed by atoms with Crippen LogP contribution in [0.1, 0.15) is 26.6 Å². The van der Waals surface area contributed by atoms with Gasteiger partial charge in [0, 0.05) is 31.9 Å². The van der Waals surface area contributed by atoms with Crippen LogP contribution in [0.15, 0.2) is 36.7 Å². The van der Waals surface area contributed by atoms with Crippen LogP contribution in [0.2, 0.25) is 0 Å². The summed E-state index contributed by atoms with van der Waals surface area (Å²) in [6, 6.07) is 7.89. The first-order chi connectivity index (χ1) is 12.8. The Hall–Kier alpha value is -2.83. The van der Waals surface area contributed by atoms with Crippen molar-refractivity contribution in [1.82, 2.24) is 14.9 Å². The first kappa shape index (κ1) is 18.9. The van der Waals surface area contributed by atoms with E-state index in [1.54, 1.807) is 17.3 Å². The van der Waals surface area contributed by atoms with E-state index < -0.39 is 5.60 Å². The van der Waals surface area contributed by atoms with Gasteiger partial charge in [-0.15, -0.1) is 0 Å². The van der Waals surface area contributed by atoms with Crippen molar-refractivity contribution < 1.29 is 14.3 Å². The Balaban J connectivity index is 1.54. The lowest BCUT2D eigenvalue weighted by Gasteiger charge is -2.36. The average molecular weight is 370 g/mol. The molecule has 1 saturated heterocycles. The van der Waals surface area contributed by atoms with Crippen molar-refractivity contribution in [2.24, 2.45) is 0 Å². The maximum Gasteiger partial charge on any atom is 0.410 e. The zero-order chi connectivity index (χ0) is 19.4. The SMILES string of the molecule is Cc1ncc(Oc2ccc(N3CCN(C(=O)OC(C)(C)C)CC3)cc2)cn1. The molecule has 1 aromatic heterocycles. The van der Waals surface area contributed by atoms with Gasteiger partial charge >= 0.3 is 6.09 Å². The van der Waals surface area contributed by atoms with E-state index in [-0.39, 0.29) is 6.09 Å². The number of carbonyl (C=O) groups is 1. The number of hydrogen-bond acceptors (Lipinski definition) is 6. The lowest BCUT2D eigenvalue weighted by atomic mass is 10.2. The summed E-state index contributed by atoms with van der Waals surface area (Å²) in [5, 5.41) is 0. The number of nitrogens with zero attached hydrogens (tertiary/aromatic N) is 4. The molecule has 2 aromatic rings. The van der Waals surface area contributed by atoms with E-state index in [2.05, 4.69) is 14.9 Å². The second-order valence-corrected chi connectivity index (χ2v) is 7.52. The monoisotopic (exact) mass is 370 g/mol. The molecule has 0 unspecified atom stereocenters. The first-order valence-corrected chi connectivity index (χ1v) is 9.10. The third kappa shape index (κ3) is 5.32. The number of hydrogen-bond donors (Lipinski definition) is 0. The van der Waals surface area contributed by atoms with E-state index in [1.807, 2.05) is 52.0 Å². The topological polar surface area (TPSA) is 67.8 Å². The second kappa shape index (κ2) is 7.82. The summed E-state index contributed by atoms with van der Waals surface area (Å²) in [6.07, 6.45) is 3.07. The number of carbonyl (C=O) groups excluding carboxylic acids is 1. The Kier molecular flexibility index (Phi) is 5.48. The third-order valence-electron chi connectivity index (χ3n) is 4.13. The van der Waals surface area contributed by atoms with Gasteiger partial charge in [0.2, 0.25) is 0 Å². The zero-order valence-electron chi connectivity index (χ0n) is 16.3. The minimum absolute atomic E-state index is 0.244. The first-order valence-electron chi connectivity index (χ1n) is 9.10. The highest BCUT2D eigenvalue weighted by Gasteiger charge is 2.25. The lowest BCUT2D eigenvalue weighted by molar-refractivity contribution is 0.0240. The molecule has 2 heterocycles. The molecule has 1 aliphatic heterocycles. The molecule has 0 bridgehead atoms. The number of benzene rings is 1. The minimum Gasteiger partial charge on any atom is -0.454 e. The molecule has 1 aliphatic rings. The van der Waals surface area contributed by atoms with Crippen molar-refractivity contribution in [3.63, 3.8) is 0 Å². The van der Waals surface area contributed by atoms with E-state index in [1.165, 1.54) is 0 Å². The fourth-order valence-electron chi connectivity index (χ4n) is 2.77. The van der Waals surface area contributed by atoms with Gasteiger partial charge in [-0.25, -0.2) is 14.8 Å². The highest BCUT2D eigenvalue weighted by atomic mass is 16.6. The maximum atomic E-state index is 12.2. The molecular weight excluding hydrogens is 344 g/mol. The molecule has 0 N–H and O–H groups in total. The van der Waals surface area contributed by atoms with Crippen LogP contribution < -0.4 is 9.64 Å². The van der Waals surface area contributed by atoms with Crippen LogP contribution in [0.3, 0.4) is 0 Å². The number of ether oxygens (including phenoxy) is 2. The van der Waals surface area contributed by atoms with Gasteiger partial charge in [0.05, 0.1) is 12.4 Å². The Morgan fingerprint density at radius 3 is 2.11 bits per heavy atom. The van der Waals surface area contributed by atoms with Crippen LogP contribution in [0.4, 0.5) is 10.5 Å². The normalized spacial score (nSPS) is 14.8. The molecular formula is C20H26N4O3. The molecule has 0 spiro atoms. The fourth-order valence-corrected chi connectivity index (χ4v) is 2.77. The van der Waals surface area contributed by atoms with Gasteiger partial charge in [-0.3, -0.25) is 0 Å². The predicted molar refractivity (Wildman–Crippen MR) is 103 cm³/mol. The zero-order valence-corrected chi connectivity index (χ0v) is 16.3. The Labute approximate surface area is 159 Å². The van der Waals surface area contributed by atoms with Gasteiger partial charge in [-0.1, -0.05) is 0 Å². The number of piperazine rings is 1. The molecule has 3 rings (SSSR count). The standard InChI is InChI=1S/C20H26N4O3/c1-15-21-13-18(14-22-15)26-17-7-5-16(6-8-17)23-9-11-24(12-10-23)19(25)27-20(2,3)4/h5-8,13-14H,9-12H2,1-4H3. The van der Waals surface area contributed by atoms with Crippen LogP contribution in [0, 0.1) is 6.92 Å². The smallest absolute Gasteiger partial charge is 0.410 e. The number of aryl methyl sites for hydroxylation is 1. The van der Waals surface area contributed by atoms with Crippen molar-refractivity contribution >= 4 is 11.8 Å². The van der Waals surface area contributed by atoms with Crippen molar-refractivity contribution in [1.29, 1.82) is 0 Å². The molecule has 0 saturated carbocycles. The van der Waals surface area contributed by atoms with Crippen LogP contribution in [0.25, 0.3) is 0 Å². The molecule has 0 atom stereocenters. The van der Waals surface area contributed by atoms with E-state index in [4.69, 9.17) is 9.47 Å². The van der Waals surface area contributed by atoms with Gasteiger partial charge in [-0.2, -0.15) is 0 Å². The van der Waals surface area contributed by atoms with E-state index in [0.29, 0.717) is 24.7 Å². The largest absolute Gasteiger partial charge is 0.454 e. The Morgan fingerprint density at radius 2 is 1.56 bits per heavy atom. The van der Waals surface area contributed by atoms with Gasteiger partial charge in [0.25, 0.3) is 0 Å². The fraction of sp³-hybridized carbons (Fsp3) is 0.450. The minimum atomic E-state index is -0.466. The second-order valence-electron chi connectivity index (χ2n) is 7.52. The van der Waals surface area contributed by atoms with Gasteiger partial charge < -0.3 is 19.3 Å². The quantitative estimate of drug-likeness (QED) is 0.822. The molecule has 1 fully saturated rings. The Morgan fingerprint density at radius 1 is 0.963 bits per heavy atom. The molecule has 7 nitrogen and oxygen atoms in total. The summed E-state index contributed by atoms with van der Waals surface area (Å²) in [5.74, 6) is 2.06. The highest BCUT2D eigenvalue weighted by molar-refractivity contribution is 5.68. The van der Waals surface area contributed by atoms with Crippen LogP contribution in [-0.4, -0.2) is 52.7 Å². The number of anilines is 1. The molecule has 1 aromatic carbocycles. The van der Waals surface area contributed by atoms with E-state index in [0.717, 1.165) is 24.5 Å². The average Bonchev–Trinajstić information content (AvgIpc) is 2.63. The van der Waals surface area contributed by atoms with Gasteiger partial charge in [0.1, 0.15) is 17.2 Å². The predicted octanol–water partition coefficient (Wildman–Crippen LogP) is 3.63. The number of amides is 1. The van der Waals surface area contributed by atoms with Crippen LogP contribution in [0.5, 0.6) is 11.5 Å². The van der Waals surface area contributed by atoms with Gasteiger partial charge in [0.15, 0.2) is 5.75 Å². The molecule has 0 radical (unpaired) electrons. The Bertz CT molecular complexity index is 761. The van der Waals surface area contributed by atoms with Crippen molar-refractivity contribution in [2.75, 3.05) is 31.1 Å². The summed E-state index contributed by atoms with van der Waals surface area (Å²) in [5.41, 5.74) is 0.637. The van der Waals surface area contributed by atoms with Gasteiger partial charge in [-0.05, 0) is 52.0 Å². The molecule has 1 amide bonds. The molecule has 0 aliphatic carbocycles. The summed E-state index contributed by atoms with van der Waals surface area (Å²) in [7, 11) is 0. The molecule has 144 valence electrons.